The molecule has 0 unspecified atom stereocenters. The molecule has 0 aliphatic rings. The Morgan fingerprint density at radius 3 is 1.68 bits per heavy atom. The van der Waals surface area contributed by atoms with Crippen LogP contribution in [0.1, 0.15) is 5.56 Å². The van der Waals surface area contributed by atoms with Gasteiger partial charge in [-0.1, -0.05) is 30.3 Å². The molecule has 0 heterocycles. The Bertz CT molecular complexity index is 910. The normalized spacial score (nSPS) is 11.6. The van der Waals surface area contributed by atoms with E-state index in [1.54, 1.807) is 0 Å². The average Bonchev–Trinajstić information content (AvgIpc) is 2.54. The summed E-state index contributed by atoms with van der Waals surface area (Å²) >= 11 is 0. The molecule has 0 saturated carbocycles. The Hall–Kier alpha value is -2.76. The van der Waals surface area contributed by atoms with Crippen LogP contribution in [0.4, 0.5) is 26.3 Å². The van der Waals surface area contributed by atoms with E-state index in [2.05, 4.69) is 0 Å². The summed E-state index contributed by atoms with van der Waals surface area (Å²) in [6.45, 7) is 0. The third-order valence-corrected chi connectivity index (χ3v) is 3.73. The highest BCUT2D eigenvalue weighted by Crippen LogP contribution is 2.34. The van der Waals surface area contributed by atoms with Crippen molar-refractivity contribution in [2.75, 3.05) is 0 Å². The van der Waals surface area contributed by atoms with Crippen LogP contribution < -0.4 is 0 Å². The van der Waals surface area contributed by atoms with Crippen molar-refractivity contribution in [2.45, 2.75) is 6.18 Å². The van der Waals surface area contributed by atoms with E-state index < -0.39 is 29.2 Å². The predicted molar refractivity (Wildman–Crippen MR) is 82.2 cm³/mol. The van der Waals surface area contributed by atoms with Gasteiger partial charge in [0.15, 0.2) is 0 Å². The van der Waals surface area contributed by atoms with Crippen molar-refractivity contribution >= 4 is 0 Å². The standard InChI is InChI=1S/C19H10F6/c20-14-5-1-11(2-6-14)12-3-7-15(17(21)9-12)13-4-8-16(18(22)10-13)19(23,24)25/h1-10H. The van der Waals surface area contributed by atoms with Crippen LogP contribution in [0.3, 0.4) is 0 Å². The van der Waals surface area contributed by atoms with Gasteiger partial charge in [0.25, 0.3) is 0 Å². The van der Waals surface area contributed by atoms with Crippen molar-refractivity contribution in [3.05, 3.63) is 83.7 Å². The van der Waals surface area contributed by atoms with E-state index in [0.29, 0.717) is 23.3 Å². The lowest BCUT2D eigenvalue weighted by Crippen LogP contribution is -2.07. The molecule has 3 aromatic rings. The highest BCUT2D eigenvalue weighted by Gasteiger charge is 2.34. The first-order valence-electron chi connectivity index (χ1n) is 7.18. The molecule has 0 bridgehead atoms. The number of hydrogen-bond donors (Lipinski definition) is 0. The molecular formula is C19H10F6. The largest absolute Gasteiger partial charge is 0.419 e. The third kappa shape index (κ3) is 3.52. The first-order valence-corrected chi connectivity index (χ1v) is 7.18. The molecule has 0 fully saturated rings. The molecule has 0 nitrogen and oxygen atoms in total. The summed E-state index contributed by atoms with van der Waals surface area (Å²) in [5.41, 5.74) is -0.397. The van der Waals surface area contributed by atoms with Gasteiger partial charge in [0, 0.05) is 5.56 Å². The minimum Gasteiger partial charge on any atom is -0.207 e. The topological polar surface area (TPSA) is 0 Å². The lowest BCUT2D eigenvalue weighted by atomic mass is 9.98. The van der Waals surface area contributed by atoms with E-state index in [9.17, 15) is 26.3 Å². The molecule has 0 aliphatic heterocycles. The molecule has 25 heavy (non-hydrogen) atoms. The lowest BCUT2D eigenvalue weighted by Gasteiger charge is -2.11. The first-order chi connectivity index (χ1) is 11.8. The molecule has 128 valence electrons. The van der Waals surface area contributed by atoms with Crippen molar-refractivity contribution < 1.29 is 26.3 Å². The van der Waals surface area contributed by atoms with Gasteiger partial charge in [-0.3, -0.25) is 0 Å². The van der Waals surface area contributed by atoms with Crippen LogP contribution in [0.5, 0.6) is 0 Å². The average molecular weight is 352 g/mol. The quantitative estimate of drug-likeness (QED) is 0.465. The van der Waals surface area contributed by atoms with Crippen LogP contribution in [0.2, 0.25) is 0 Å². The zero-order chi connectivity index (χ0) is 18.2. The number of hydrogen-bond acceptors (Lipinski definition) is 0. The summed E-state index contributed by atoms with van der Waals surface area (Å²) in [7, 11) is 0. The molecule has 0 spiro atoms. The summed E-state index contributed by atoms with van der Waals surface area (Å²) in [4.78, 5) is 0. The van der Waals surface area contributed by atoms with Crippen molar-refractivity contribution in [2.24, 2.45) is 0 Å². The minimum atomic E-state index is -4.81. The fourth-order valence-electron chi connectivity index (χ4n) is 2.48. The molecule has 6 heteroatoms. The number of alkyl halides is 3. The van der Waals surface area contributed by atoms with E-state index in [1.807, 2.05) is 0 Å². The fourth-order valence-corrected chi connectivity index (χ4v) is 2.48. The summed E-state index contributed by atoms with van der Waals surface area (Å²) < 4.78 is 78.7. The van der Waals surface area contributed by atoms with Gasteiger partial charge < -0.3 is 0 Å². The Kier molecular flexibility index (Phi) is 4.29. The van der Waals surface area contributed by atoms with E-state index in [4.69, 9.17) is 0 Å². The number of halogens is 6. The molecule has 0 amide bonds. The molecule has 3 aromatic carbocycles. The highest BCUT2D eigenvalue weighted by molar-refractivity contribution is 5.71. The van der Waals surface area contributed by atoms with Crippen LogP contribution in [0, 0.1) is 17.5 Å². The maximum absolute atomic E-state index is 14.3. The third-order valence-electron chi connectivity index (χ3n) is 3.73. The molecule has 0 aliphatic carbocycles. The minimum absolute atomic E-state index is 0.00587. The zero-order valence-corrected chi connectivity index (χ0v) is 12.5. The maximum Gasteiger partial charge on any atom is 0.419 e. The molecule has 0 radical (unpaired) electrons. The van der Waals surface area contributed by atoms with E-state index in [-0.39, 0.29) is 11.1 Å². The molecule has 3 rings (SSSR count). The van der Waals surface area contributed by atoms with E-state index in [0.717, 1.165) is 12.1 Å². The number of benzene rings is 3. The summed E-state index contributed by atoms with van der Waals surface area (Å²) in [5.74, 6) is -2.62. The van der Waals surface area contributed by atoms with Gasteiger partial charge in [-0.25, -0.2) is 13.2 Å². The fraction of sp³-hybridized carbons (Fsp3) is 0.0526. The van der Waals surface area contributed by atoms with Gasteiger partial charge in [0.05, 0.1) is 5.56 Å². The monoisotopic (exact) mass is 352 g/mol. The van der Waals surface area contributed by atoms with Gasteiger partial charge in [-0.2, -0.15) is 13.2 Å². The van der Waals surface area contributed by atoms with Gasteiger partial charge in [0.2, 0.25) is 0 Å². The molecule has 0 saturated heterocycles. The van der Waals surface area contributed by atoms with Crippen LogP contribution in [-0.4, -0.2) is 0 Å². The summed E-state index contributed by atoms with van der Waals surface area (Å²) in [6.07, 6.45) is -4.81. The van der Waals surface area contributed by atoms with Crippen LogP contribution in [0.15, 0.2) is 60.7 Å². The van der Waals surface area contributed by atoms with Gasteiger partial charge >= 0.3 is 6.18 Å². The van der Waals surface area contributed by atoms with Crippen LogP contribution in [-0.2, 0) is 6.18 Å². The van der Waals surface area contributed by atoms with Crippen molar-refractivity contribution in [1.29, 1.82) is 0 Å². The Morgan fingerprint density at radius 1 is 0.560 bits per heavy atom. The van der Waals surface area contributed by atoms with Gasteiger partial charge in [-0.15, -0.1) is 0 Å². The van der Waals surface area contributed by atoms with Gasteiger partial charge in [0.1, 0.15) is 17.5 Å². The van der Waals surface area contributed by atoms with Crippen molar-refractivity contribution in [3.8, 4) is 22.3 Å². The predicted octanol–water partition coefficient (Wildman–Crippen LogP) is 6.46. The second-order valence-corrected chi connectivity index (χ2v) is 5.39. The van der Waals surface area contributed by atoms with Crippen molar-refractivity contribution in [3.63, 3.8) is 0 Å². The summed E-state index contributed by atoms with van der Waals surface area (Å²) in [5, 5.41) is 0. The second kappa shape index (κ2) is 6.27. The Labute approximate surface area is 139 Å². The molecular weight excluding hydrogens is 342 g/mol. The van der Waals surface area contributed by atoms with E-state index in [1.165, 1.54) is 36.4 Å². The number of rotatable bonds is 2. The summed E-state index contributed by atoms with van der Waals surface area (Å²) in [6, 6.07) is 11.7. The first kappa shape index (κ1) is 17.1. The molecule has 0 N–H and O–H groups in total. The van der Waals surface area contributed by atoms with Gasteiger partial charge in [-0.05, 0) is 47.0 Å². The zero-order valence-electron chi connectivity index (χ0n) is 12.5. The Morgan fingerprint density at radius 2 is 1.12 bits per heavy atom. The Balaban J connectivity index is 1.99. The molecule has 0 aromatic heterocycles. The van der Waals surface area contributed by atoms with Crippen molar-refractivity contribution in [1.82, 2.24) is 0 Å². The SMILES string of the molecule is Fc1ccc(-c2ccc(-c3ccc(C(F)(F)F)c(F)c3)c(F)c2)cc1. The maximum atomic E-state index is 14.3. The van der Waals surface area contributed by atoms with Crippen LogP contribution in [0.25, 0.3) is 22.3 Å². The second-order valence-electron chi connectivity index (χ2n) is 5.39. The van der Waals surface area contributed by atoms with Crippen LogP contribution >= 0.6 is 0 Å². The lowest BCUT2D eigenvalue weighted by molar-refractivity contribution is -0.139. The molecule has 0 atom stereocenters. The smallest absolute Gasteiger partial charge is 0.207 e. The highest BCUT2D eigenvalue weighted by atomic mass is 19.4. The van der Waals surface area contributed by atoms with E-state index >= 15 is 0 Å².